The highest BCUT2D eigenvalue weighted by molar-refractivity contribution is 7.12. The zero-order chi connectivity index (χ0) is 19.4. The van der Waals surface area contributed by atoms with Crippen molar-refractivity contribution in [2.24, 2.45) is 0 Å². The first-order valence-electron chi connectivity index (χ1n) is 8.03. The van der Waals surface area contributed by atoms with Gasteiger partial charge in [0, 0.05) is 19.7 Å². The fourth-order valence-corrected chi connectivity index (χ4v) is 3.07. The number of nitrogens with zero attached hydrogens (tertiary/aromatic N) is 2. The number of anilines is 3. The summed E-state index contributed by atoms with van der Waals surface area (Å²) in [4.78, 5) is 31.4. The Morgan fingerprint density at radius 3 is 2.52 bits per heavy atom. The van der Waals surface area contributed by atoms with Crippen molar-refractivity contribution in [1.29, 1.82) is 0 Å². The predicted molar refractivity (Wildman–Crippen MR) is 110 cm³/mol. The van der Waals surface area contributed by atoms with E-state index < -0.39 is 0 Å². The quantitative estimate of drug-likeness (QED) is 0.667. The van der Waals surface area contributed by atoms with E-state index in [1.165, 1.54) is 11.3 Å². The second-order valence-corrected chi connectivity index (χ2v) is 7.23. The Balaban J connectivity index is 1.74. The number of pyridine rings is 1. The molecule has 27 heavy (non-hydrogen) atoms. The molecule has 138 valence electrons. The number of thiophene rings is 1. The lowest BCUT2D eigenvalue weighted by atomic mass is 10.1. The molecule has 2 aromatic heterocycles. The number of halogens is 1. The first kappa shape index (κ1) is 18.9. The van der Waals surface area contributed by atoms with E-state index in [1.807, 2.05) is 30.4 Å². The van der Waals surface area contributed by atoms with Gasteiger partial charge >= 0.3 is 0 Å². The van der Waals surface area contributed by atoms with Crippen LogP contribution in [0.5, 0.6) is 0 Å². The fourth-order valence-electron chi connectivity index (χ4n) is 2.28. The molecule has 8 heteroatoms. The standard InChI is InChI=1S/C19H17ClN4O2S/c1-24(2)17-8-6-13(11-21-17)22-18(25)12-5-7-14(20)15(10-12)23-19(26)16-4-3-9-27-16/h3-11H,1-2H3,(H,22,25)(H,23,26). The Morgan fingerprint density at radius 1 is 1.07 bits per heavy atom. The van der Waals surface area contributed by atoms with Crippen LogP contribution in [0, 0.1) is 0 Å². The summed E-state index contributed by atoms with van der Waals surface area (Å²) in [6, 6.07) is 11.8. The highest BCUT2D eigenvalue weighted by Crippen LogP contribution is 2.25. The van der Waals surface area contributed by atoms with Crippen LogP contribution in [0.15, 0.2) is 54.0 Å². The average molecular weight is 401 g/mol. The van der Waals surface area contributed by atoms with Crippen molar-refractivity contribution >= 4 is 51.9 Å². The topological polar surface area (TPSA) is 74.3 Å². The van der Waals surface area contributed by atoms with E-state index in [0.717, 1.165) is 5.82 Å². The van der Waals surface area contributed by atoms with Gasteiger partial charge in [-0.1, -0.05) is 17.7 Å². The van der Waals surface area contributed by atoms with E-state index >= 15 is 0 Å². The van der Waals surface area contributed by atoms with E-state index in [0.29, 0.717) is 26.8 Å². The molecule has 0 saturated carbocycles. The number of carbonyl (C=O) groups excluding carboxylic acids is 2. The smallest absolute Gasteiger partial charge is 0.265 e. The summed E-state index contributed by atoms with van der Waals surface area (Å²) in [7, 11) is 3.78. The summed E-state index contributed by atoms with van der Waals surface area (Å²) in [6.45, 7) is 0. The molecule has 0 fully saturated rings. The van der Waals surface area contributed by atoms with Gasteiger partial charge in [0.1, 0.15) is 5.82 Å². The molecule has 0 saturated heterocycles. The summed E-state index contributed by atoms with van der Waals surface area (Å²) in [5.41, 5.74) is 1.33. The van der Waals surface area contributed by atoms with Gasteiger partial charge < -0.3 is 15.5 Å². The lowest BCUT2D eigenvalue weighted by molar-refractivity contribution is 0.101. The Bertz CT molecular complexity index is 956. The van der Waals surface area contributed by atoms with Crippen LogP contribution in [-0.4, -0.2) is 30.9 Å². The monoisotopic (exact) mass is 400 g/mol. The number of nitrogens with one attached hydrogen (secondary N) is 2. The summed E-state index contributed by atoms with van der Waals surface area (Å²) in [5, 5.41) is 7.68. The van der Waals surface area contributed by atoms with Crippen molar-refractivity contribution in [3.63, 3.8) is 0 Å². The number of aromatic nitrogens is 1. The van der Waals surface area contributed by atoms with Crippen LogP contribution in [0.3, 0.4) is 0 Å². The van der Waals surface area contributed by atoms with Gasteiger partial charge in [-0.15, -0.1) is 11.3 Å². The van der Waals surface area contributed by atoms with Crippen molar-refractivity contribution in [3.8, 4) is 0 Å². The number of amides is 2. The van der Waals surface area contributed by atoms with Gasteiger partial charge in [0.2, 0.25) is 0 Å². The molecule has 1 aromatic carbocycles. The lowest BCUT2D eigenvalue weighted by Gasteiger charge is -2.12. The molecular weight excluding hydrogens is 384 g/mol. The molecule has 0 radical (unpaired) electrons. The molecule has 3 aromatic rings. The molecule has 2 heterocycles. The van der Waals surface area contributed by atoms with Crippen LogP contribution < -0.4 is 15.5 Å². The Kier molecular flexibility index (Phi) is 5.73. The van der Waals surface area contributed by atoms with E-state index in [2.05, 4.69) is 15.6 Å². The maximum Gasteiger partial charge on any atom is 0.265 e. The number of hydrogen-bond donors (Lipinski definition) is 2. The first-order valence-corrected chi connectivity index (χ1v) is 9.29. The van der Waals surface area contributed by atoms with Crippen molar-refractivity contribution in [2.45, 2.75) is 0 Å². The molecule has 0 aliphatic rings. The summed E-state index contributed by atoms with van der Waals surface area (Å²) >= 11 is 7.48. The molecule has 2 amide bonds. The highest BCUT2D eigenvalue weighted by Gasteiger charge is 2.13. The molecule has 0 aliphatic carbocycles. The third-order valence-corrected chi connectivity index (χ3v) is 4.88. The Labute approximate surface area is 165 Å². The Hall–Kier alpha value is -2.90. The SMILES string of the molecule is CN(C)c1ccc(NC(=O)c2ccc(Cl)c(NC(=O)c3cccs3)c2)cn1. The molecule has 2 N–H and O–H groups in total. The molecular formula is C19H17ClN4O2S. The zero-order valence-electron chi connectivity index (χ0n) is 14.7. The number of hydrogen-bond acceptors (Lipinski definition) is 5. The maximum absolute atomic E-state index is 12.5. The average Bonchev–Trinajstić information content (AvgIpc) is 3.18. The molecule has 0 unspecified atom stereocenters. The minimum Gasteiger partial charge on any atom is -0.363 e. The number of rotatable bonds is 5. The van der Waals surface area contributed by atoms with Crippen molar-refractivity contribution in [3.05, 3.63) is 69.5 Å². The lowest BCUT2D eigenvalue weighted by Crippen LogP contribution is -2.15. The van der Waals surface area contributed by atoms with Gasteiger partial charge in [-0.05, 0) is 41.8 Å². The predicted octanol–water partition coefficient (Wildman–Crippen LogP) is 4.37. The highest BCUT2D eigenvalue weighted by atomic mass is 35.5. The van der Waals surface area contributed by atoms with Crippen LogP contribution in [0.1, 0.15) is 20.0 Å². The molecule has 6 nitrogen and oxygen atoms in total. The minimum absolute atomic E-state index is 0.270. The summed E-state index contributed by atoms with van der Waals surface area (Å²) in [5.74, 6) is 0.198. The number of benzene rings is 1. The molecule has 0 spiro atoms. The van der Waals surface area contributed by atoms with Gasteiger partial charge in [-0.25, -0.2) is 4.98 Å². The number of carbonyl (C=O) groups is 2. The third-order valence-electron chi connectivity index (χ3n) is 3.69. The minimum atomic E-state index is -0.322. The molecule has 0 bridgehead atoms. The second-order valence-electron chi connectivity index (χ2n) is 5.88. The van der Waals surface area contributed by atoms with Gasteiger partial charge in [0.05, 0.1) is 27.5 Å². The zero-order valence-corrected chi connectivity index (χ0v) is 16.3. The van der Waals surface area contributed by atoms with Crippen molar-refractivity contribution < 1.29 is 9.59 Å². The molecule has 3 rings (SSSR count). The van der Waals surface area contributed by atoms with Crippen LogP contribution in [0.25, 0.3) is 0 Å². The van der Waals surface area contributed by atoms with Crippen molar-refractivity contribution in [2.75, 3.05) is 29.6 Å². The van der Waals surface area contributed by atoms with E-state index in [1.54, 1.807) is 42.6 Å². The maximum atomic E-state index is 12.5. The molecule has 0 aliphatic heterocycles. The van der Waals surface area contributed by atoms with Gasteiger partial charge in [0.15, 0.2) is 0 Å². The fraction of sp³-hybridized carbons (Fsp3) is 0.105. The Morgan fingerprint density at radius 2 is 1.89 bits per heavy atom. The summed E-state index contributed by atoms with van der Waals surface area (Å²) < 4.78 is 0. The van der Waals surface area contributed by atoms with Crippen LogP contribution in [0.2, 0.25) is 5.02 Å². The van der Waals surface area contributed by atoms with Crippen LogP contribution >= 0.6 is 22.9 Å². The van der Waals surface area contributed by atoms with E-state index in [4.69, 9.17) is 11.6 Å². The molecule has 0 atom stereocenters. The van der Waals surface area contributed by atoms with Gasteiger partial charge in [-0.3, -0.25) is 9.59 Å². The van der Waals surface area contributed by atoms with Crippen LogP contribution in [-0.2, 0) is 0 Å². The van der Waals surface area contributed by atoms with E-state index in [9.17, 15) is 9.59 Å². The van der Waals surface area contributed by atoms with Crippen LogP contribution in [0.4, 0.5) is 17.2 Å². The normalized spacial score (nSPS) is 10.3. The van der Waals surface area contributed by atoms with E-state index in [-0.39, 0.29) is 11.8 Å². The van der Waals surface area contributed by atoms with Crippen molar-refractivity contribution in [1.82, 2.24) is 4.98 Å². The van der Waals surface area contributed by atoms with Gasteiger partial charge in [0.25, 0.3) is 11.8 Å². The van der Waals surface area contributed by atoms with Gasteiger partial charge in [-0.2, -0.15) is 0 Å². The largest absolute Gasteiger partial charge is 0.363 e. The first-order chi connectivity index (χ1) is 12.9. The third kappa shape index (κ3) is 4.64. The summed E-state index contributed by atoms with van der Waals surface area (Å²) in [6.07, 6.45) is 1.59. The second kappa shape index (κ2) is 8.20.